The van der Waals surface area contributed by atoms with Crippen molar-refractivity contribution in [1.82, 2.24) is 9.55 Å². The van der Waals surface area contributed by atoms with Crippen LogP contribution in [0.15, 0.2) is 58.1 Å². The van der Waals surface area contributed by atoms with Gasteiger partial charge in [-0.3, -0.25) is 19.1 Å². The molecule has 0 saturated carbocycles. The lowest BCUT2D eigenvalue weighted by Crippen LogP contribution is -2.36. The first-order chi connectivity index (χ1) is 14.9. The van der Waals surface area contributed by atoms with E-state index in [1.165, 1.54) is 11.7 Å². The van der Waals surface area contributed by atoms with Gasteiger partial charge >= 0.3 is 5.69 Å². The number of carbonyl (C=O) groups excluding carboxylic acids is 1. The van der Waals surface area contributed by atoms with Crippen LogP contribution in [0, 0.1) is 13.8 Å². The quantitative estimate of drug-likeness (QED) is 0.518. The maximum absolute atomic E-state index is 13.1. The minimum atomic E-state index is -0.622. The number of nitrogens with one attached hydrogen (secondary N) is 3. The number of H-pyrrole nitrogens is 1. The molecule has 8 heteroatoms. The molecule has 1 amide bonds. The minimum Gasteiger partial charge on any atom is -0.383 e. The van der Waals surface area contributed by atoms with Crippen LogP contribution in [0.2, 0.25) is 0 Å². The van der Waals surface area contributed by atoms with Gasteiger partial charge in [0.25, 0.3) is 11.5 Å². The normalized spacial score (nSPS) is 10.7. The van der Waals surface area contributed by atoms with Gasteiger partial charge in [-0.05, 0) is 31.0 Å². The van der Waals surface area contributed by atoms with Crippen LogP contribution in [0.4, 0.5) is 11.5 Å². The standard InChI is InChI=1S/C23H26N4O4/c1-15-9-10-16(2)18(13-15)21(28)25-20-19(24-14-17-7-5-4-6-8-17)22(29)26-23(30)27(20)11-12-31-3/h4-10,13,24H,11-12,14H2,1-3H3,(H,25,28)(H,26,29,30). The van der Waals surface area contributed by atoms with Gasteiger partial charge in [0.1, 0.15) is 11.5 Å². The van der Waals surface area contributed by atoms with E-state index in [1.54, 1.807) is 6.07 Å². The zero-order valence-electron chi connectivity index (χ0n) is 17.8. The van der Waals surface area contributed by atoms with Gasteiger partial charge in [0.05, 0.1) is 13.2 Å². The molecule has 0 fully saturated rings. The number of rotatable bonds is 8. The summed E-state index contributed by atoms with van der Waals surface area (Å²) in [7, 11) is 1.51. The lowest BCUT2D eigenvalue weighted by molar-refractivity contribution is 0.102. The number of aryl methyl sites for hydroxylation is 2. The number of ether oxygens (including phenoxy) is 1. The first-order valence-electron chi connectivity index (χ1n) is 9.93. The van der Waals surface area contributed by atoms with Gasteiger partial charge in [-0.1, -0.05) is 48.0 Å². The fraction of sp³-hybridized carbons (Fsp3) is 0.261. The monoisotopic (exact) mass is 422 g/mol. The summed E-state index contributed by atoms with van der Waals surface area (Å²) in [4.78, 5) is 40.5. The van der Waals surface area contributed by atoms with Gasteiger partial charge in [-0.15, -0.1) is 0 Å². The Hall–Kier alpha value is -3.65. The molecule has 1 aromatic heterocycles. The molecule has 3 aromatic rings. The van der Waals surface area contributed by atoms with Gasteiger partial charge in [0, 0.05) is 19.2 Å². The molecule has 0 bridgehead atoms. The average molecular weight is 422 g/mol. The van der Waals surface area contributed by atoms with Gasteiger partial charge in [0.2, 0.25) is 0 Å². The van der Waals surface area contributed by atoms with Crippen molar-refractivity contribution in [2.75, 3.05) is 24.4 Å². The fourth-order valence-electron chi connectivity index (χ4n) is 3.20. The van der Waals surface area contributed by atoms with E-state index in [4.69, 9.17) is 4.74 Å². The molecule has 3 rings (SSSR count). The highest BCUT2D eigenvalue weighted by Crippen LogP contribution is 2.19. The molecule has 0 spiro atoms. The van der Waals surface area contributed by atoms with E-state index in [2.05, 4.69) is 15.6 Å². The Bertz CT molecular complexity index is 1180. The summed E-state index contributed by atoms with van der Waals surface area (Å²) in [5.74, 6) is -0.298. The molecule has 0 atom stereocenters. The predicted octanol–water partition coefficient (Wildman–Crippen LogP) is 2.66. The first-order valence-corrected chi connectivity index (χ1v) is 9.93. The molecule has 3 N–H and O–H groups in total. The second-order valence-corrected chi connectivity index (χ2v) is 7.24. The number of aromatic nitrogens is 2. The van der Waals surface area contributed by atoms with Crippen LogP contribution in [0.3, 0.4) is 0 Å². The summed E-state index contributed by atoms with van der Waals surface area (Å²) in [5.41, 5.74) is 2.02. The van der Waals surface area contributed by atoms with E-state index in [0.717, 1.165) is 16.7 Å². The summed E-state index contributed by atoms with van der Waals surface area (Å²) in [6.45, 7) is 4.47. The van der Waals surface area contributed by atoms with Gasteiger partial charge in [-0.2, -0.15) is 0 Å². The highest BCUT2D eigenvalue weighted by atomic mass is 16.5. The second-order valence-electron chi connectivity index (χ2n) is 7.24. The Morgan fingerprint density at radius 1 is 1.10 bits per heavy atom. The average Bonchev–Trinajstić information content (AvgIpc) is 2.75. The van der Waals surface area contributed by atoms with Crippen molar-refractivity contribution in [3.8, 4) is 0 Å². The zero-order valence-corrected chi connectivity index (χ0v) is 17.8. The molecule has 8 nitrogen and oxygen atoms in total. The van der Waals surface area contributed by atoms with E-state index in [0.29, 0.717) is 12.1 Å². The number of aromatic amines is 1. The molecule has 31 heavy (non-hydrogen) atoms. The number of nitrogens with zero attached hydrogens (tertiary/aromatic N) is 1. The molecular formula is C23H26N4O4. The molecule has 0 aliphatic rings. The third-order valence-electron chi connectivity index (χ3n) is 4.90. The highest BCUT2D eigenvalue weighted by molar-refractivity contribution is 6.06. The number of methoxy groups -OCH3 is 1. The van der Waals surface area contributed by atoms with E-state index < -0.39 is 17.2 Å². The van der Waals surface area contributed by atoms with Crippen molar-refractivity contribution in [3.63, 3.8) is 0 Å². The number of hydrogen-bond donors (Lipinski definition) is 3. The molecule has 0 aliphatic carbocycles. The number of benzene rings is 2. The Morgan fingerprint density at radius 2 is 1.84 bits per heavy atom. The van der Waals surface area contributed by atoms with E-state index in [-0.39, 0.29) is 24.7 Å². The molecule has 162 valence electrons. The largest absolute Gasteiger partial charge is 0.383 e. The van der Waals surface area contributed by atoms with Crippen LogP contribution in [-0.2, 0) is 17.8 Å². The molecule has 0 unspecified atom stereocenters. The fourth-order valence-corrected chi connectivity index (χ4v) is 3.20. The SMILES string of the molecule is COCCn1c(NC(=O)c2cc(C)ccc2C)c(NCc2ccccc2)c(=O)[nH]c1=O. The van der Waals surface area contributed by atoms with Gasteiger partial charge in [0.15, 0.2) is 0 Å². The van der Waals surface area contributed by atoms with Crippen LogP contribution in [-0.4, -0.2) is 29.2 Å². The predicted molar refractivity (Wildman–Crippen MR) is 121 cm³/mol. The number of hydrogen-bond acceptors (Lipinski definition) is 5. The molecule has 1 heterocycles. The Labute approximate surface area is 179 Å². The van der Waals surface area contributed by atoms with Crippen molar-refractivity contribution >= 4 is 17.4 Å². The number of anilines is 2. The van der Waals surface area contributed by atoms with Crippen molar-refractivity contribution in [2.45, 2.75) is 26.9 Å². The van der Waals surface area contributed by atoms with Crippen molar-refractivity contribution in [2.24, 2.45) is 0 Å². The van der Waals surface area contributed by atoms with Gasteiger partial charge < -0.3 is 15.4 Å². The van der Waals surface area contributed by atoms with Gasteiger partial charge in [-0.25, -0.2) is 4.79 Å². The van der Waals surface area contributed by atoms with Crippen molar-refractivity contribution in [1.29, 1.82) is 0 Å². The molecular weight excluding hydrogens is 396 g/mol. The van der Waals surface area contributed by atoms with Crippen LogP contribution >= 0.6 is 0 Å². The zero-order chi connectivity index (χ0) is 22.4. The second kappa shape index (κ2) is 9.90. The van der Waals surface area contributed by atoms with E-state index in [1.807, 2.05) is 56.3 Å². The van der Waals surface area contributed by atoms with Crippen LogP contribution < -0.4 is 21.9 Å². The molecule has 0 aliphatic heterocycles. The topological polar surface area (TPSA) is 105 Å². The third kappa shape index (κ3) is 5.29. The van der Waals surface area contributed by atoms with Crippen LogP contribution in [0.5, 0.6) is 0 Å². The Kier molecular flexibility index (Phi) is 7.04. The summed E-state index contributed by atoms with van der Waals surface area (Å²) in [6, 6.07) is 15.1. The maximum atomic E-state index is 13.1. The molecule has 0 saturated heterocycles. The maximum Gasteiger partial charge on any atom is 0.330 e. The lowest BCUT2D eigenvalue weighted by atomic mass is 10.1. The Morgan fingerprint density at radius 3 is 2.55 bits per heavy atom. The summed E-state index contributed by atoms with van der Waals surface area (Å²) in [5, 5.41) is 5.84. The van der Waals surface area contributed by atoms with Crippen LogP contribution in [0.1, 0.15) is 27.0 Å². The first kappa shape index (κ1) is 22.0. The molecule has 2 aromatic carbocycles. The summed E-state index contributed by atoms with van der Waals surface area (Å²) >= 11 is 0. The van der Waals surface area contributed by atoms with E-state index in [9.17, 15) is 14.4 Å². The highest BCUT2D eigenvalue weighted by Gasteiger charge is 2.19. The summed E-state index contributed by atoms with van der Waals surface area (Å²) < 4.78 is 6.39. The smallest absolute Gasteiger partial charge is 0.330 e. The molecule has 0 radical (unpaired) electrons. The number of carbonyl (C=O) groups is 1. The van der Waals surface area contributed by atoms with Crippen molar-refractivity contribution in [3.05, 3.63) is 91.6 Å². The van der Waals surface area contributed by atoms with Crippen LogP contribution in [0.25, 0.3) is 0 Å². The lowest BCUT2D eigenvalue weighted by Gasteiger charge is -2.18. The minimum absolute atomic E-state index is 0.104. The summed E-state index contributed by atoms with van der Waals surface area (Å²) in [6.07, 6.45) is 0. The van der Waals surface area contributed by atoms with Crippen molar-refractivity contribution < 1.29 is 9.53 Å². The Balaban J connectivity index is 2.03. The third-order valence-corrected chi connectivity index (χ3v) is 4.90. The number of amides is 1. The van der Waals surface area contributed by atoms with E-state index >= 15 is 0 Å².